The first-order valence-electron chi connectivity index (χ1n) is 8.29. The van der Waals surface area contributed by atoms with Crippen molar-refractivity contribution in [3.05, 3.63) is 66.5 Å². The van der Waals surface area contributed by atoms with Gasteiger partial charge < -0.3 is 4.42 Å². The monoisotopic (exact) mass is 376 g/mol. The van der Waals surface area contributed by atoms with Crippen LogP contribution in [0.4, 0.5) is 0 Å². The second kappa shape index (κ2) is 7.20. The van der Waals surface area contributed by atoms with E-state index in [4.69, 9.17) is 4.42 Å². The highest BCUT2D eigenvalue weighted by Crippen LogP contribution is 2.28. The fourth-order valence-corrected chi connectivity index (χ4v) is 3.48. The zero-order valence-corrected chi connectivity index (χ0v) is 15.6. The Morgan fingerprint density at radius 1 is 0.926 bits per heavy atom. The molecule has 134 valence electrons. The lowest BCUT2D eigenvalue weighted by molar-refractivity contribution is 0.581. The van der Waals surface area contributed by atoms with Gasteiger partial charge >= 0.3 is 0 Å². The second-order valence-corrected chi connectivity index (χ2v) is 7.27. The summed E-state index contributed by atoms with van der Waals surface area (Å²) in [5.74, 6) is 0.725. The molecule has 27 heavy (non-hydrogen) atoms. The Morgan fingerprint density at radius 2 is 1.63 bits per heavy atom. The molecule has 0 radical (unpaired) electrons. The van der Waals surface area contributed by atoms with Crippen molar-refractivity contribution in [2.24, 2.45) is 0 Å². The minimum absolute atomic E-state index is 0.302. The molecular formula is C20H16N4O2S. The first kappa shape index (κ1) is 17.2. The summed E-state index contributed by atoms with van der Waals surface area (Å²) in [5, 5.41) is 8.26. The quantitative estimate of drug-likeness (QED) is 0.537. The highest BCUT2D eigenvalue weighted by Gasteiger charge is 2.17. The molecule has 0 saturated heterocycles. The molecule has 0 aliphatic carbocycles. The Balaban J connectivity index is 1.79. The average molecular weight is 376 g/mol. The first-order chi connectivity index (χ1) is 13.1. The SMILES string of the molecule is Cc1ncc(-c2ccccc2S(C)=O)nc1-c1nnc(-c2ccccc2)o1. The van der Waals surface area contributed by atoms with Crippen LogP contribution in [0.2, 0.25) is 0 Å². The molecule has 4 rings (SSSR count). The molecule has 2 heterocycles. The van der Waals surface area contributed by atoms with E-state index in [1.54, 1.807) is 12.5 Å². The van der Waals surface area contributed by atoms with E-state index in [-0.39, 0.29) is 0 Å². The van der Waals surface area contributed by atoms with Crippen LogP contribution in [0.25, 0.3) is 34.3 Å². The minimum atomic E-state index is -1.14. The minimum Gasteiger partial charge on any atom is -0.415 e. The third-order valence-electron chi connectivity index (χ3n) is 4.08. The van der Waals surface area contributed by atoms with Crippen molar-refractivity contribution in [1.29, 1.82) is 0 Å². The summed E-state index contributed by atoms with van der Waals surface area (Å²) in [6.07, 6.45) is 3.31. The molecule has 4 aromatic rings. The lowest BCUT2D eigenvalue weighted by atomic mass is 10.1. The molecule has 2 aromatic carbocycles. The molecule has 0 spiro atoms. The normalized spacial score (nSPS) is 12.1. The summed E-state index contributed by atoms with van der Waals surface area (Å²) in [6.45, 7) is 1.84. The van der Waals surface area contributed by atoms with Crippen LogP contribution in [0, 0.1) is 6.92 Å². The number of aromatic nitrogens is 4. The molecular weight excluding hydrogens is 360 g/mol. The van der Waals surface area contributed by atoms with Crippen molar-refractivity contribution in [2.75, 3.05) is 6.26 Å². The molecule has 2 aromatic heterocycles. The summed E-state index contributed by atoms with van der Waals surface area (Å²) < 4.78 is 17.9. The predicted molar refractivity (Wildman–Crippen MR) is 103 cm³/mol. The third-order valence-corrected chi connectivity index (χ3v) is 5.05. The van der Waals surface area contributed by atoms with Crippen LogP contribution in [0.15, 0.2) is 70.1 Å². The zero-order valence-electron chi connectivity index (χ0n) is 14.8. The fraction of sp³-hybridized carbons (Fsp3) is 0.100. The van der Waals surface area contributed by atoms with Crippen LogP contribution in [0.3, 0.4) is 0 Å². The van der Waals surface area contributed by atoms with Gasteiger partial charge in [-0.15, -0.1) is 10.2 Å². The summed E-state index contributed by atoms with van der Waals surface area (Å²) in [5.41, 5.74) is 3.41. The number of nitrogens with zero attached hydrogens (tertiary/aromatic N) is 4. The van der Waals surface area contributed by atoms with E-state index in [0.717, 1.165) is 11.1 Å². The smallest absolute Gasteiger partial charge is 0.268 e. The first-order valence-corrected chi connectivity index (χ1v) is 9.85. The van der Waals surface area contributed by atoms with Crippen LogP contribution in [-0.2, 0) is 10.8 Å². The molecule has 0 saturated carbocycles. The van der Waals surface area contributed by atoms with Crippen molar-refractivity contribution in [3.63, 3.8) is 0 Å². The summed E-state index contributed by atoms with van der Waals surface area (Å²) >= 11 is 0. The van der Waals surface area contributed by atoms with Crippen LogP contribution in [0.1, 0.15) is 5.69 Å². The van der Waals surface area contributed by atoms with Gasteiger partial charge in [-0.05, 0) is 25.1 Å². The Hall–Kier alpha value is -3.19. The molecule has 1 unspecified atom stereocenters. The van der Waals surface area contributed by atoms with E-state index >= 15 is 0 Å². The van der Waals surface area contributed by atoms with Crippen molar-refractivity contribution < 1.29 is 8.63 Å². The van der Waals surface area contributed by atoms with Gasteiger partial charge in [-0.1, -0.05) is 36.4 Å². The Bertz CT molecular complexity index is 1130. The van der Waals surface area contributed by atoms with Crippen molar-refractivity contribution in [1.82, 2.24) is 20.2 Å². The molecule has 0 fully saturated rings. The van der Waals surface area contributed by atoms with E-state index in [1.807, 2.05) is 61.5 Å². The maximum atomic E-state index is 12.0. The zero-order chi connectivity index (χ0) is 18.8. The van der Waals surface area contributed by atoms with E-state index in [2.05, 4.69) is 20.2 Å². The highest BCUT2D eigenvalue weighted by atomic mass is 32.2. The van der Waals surface area contributed by atoms with Gasteiger partial charge in [-0.25, -0.2) is 4.98 Å². The molecule has 6 nitrogen and oxygen atoms in total. The molecule has 0 amide bonds. The third kappa shape index (κ3) is 3.41. The van der Waals surface area contributed by atoms with Crippen molar-refractivity contribution in [3.8, 4) is 34.3 Å². The van der Waals surface area contributed by atoms with Gasteiger partial charge in [-0.2, -0.15) is 0 Å². The Labute approximate surface area is 158 Å². The number of benzene rings is 2. The lowest BCUT2D eigenvalue weighted by Gasteiger charge is -2.08. The van der Waals surface area contributed by atoms with E-state index in [0.29, 0.717) is 33.8 Å². The average Bonchev–Trinajstić information content (AvgIpc) is 3.19. The summed E-state index contributed by atoms with van der Waals surface area (Å²) in [4.78, 5) is 9.80. The number of aryl methyl sites for hydroxylation is 1. The van der Waals surface area contributed by atoms with Crippen LogP contribution >= 0.6 is 0 Å². The van der Waals surface area contributed by atoms with Crippen LogP contribution < -0.4 is 0 Å². The largest absolute Gasteiger partial charge is 0.415 e. The molecule has 0 N–H and O–H groups in total. The summed E-state index contributed by atoms with van der Waals surface area (Å²) in [7, 11) is -1.14. The van der Waals surface area contributed by atoms with E-state index < -0.39 is 10.8 Å². The molecule has 0 aliphatic rings. The number of hydrogen-bond acceptors (Lipinski definition) is 6. The van der Waals surface area contributed by atoms with E-state index in [9.17, 15) is 4.21 Å². The van der Waals surface area contributed by atoms with Crippen molar-refractivity contribution in [2.45, 2.75) is 11.8 Å². The lowest BCUT2D eigenvalue weighted by Crippen LogP contribution is -1.98. The fourth-order valence-electron chi connectivity index (χ4n) is 2.73. The second-order valence-electron chi connectivity index (χ2n) is 5.92. The standard InChI is InChI=1S/C20H16N4O2S/c1-13-18(20-24-23-19(26-20)14-8-4-3-5-9-14)22-16(12-21-13)15-10-6-7-11-17(15)27(2)25/h3-12H,1-2H3. The molecule has 0 aliphatic heterocycles. The van der Waals surface area contributed by atoms with Gasteiger partial charge in [0.25, 0.3) is 5.89 Å². The highest BCUT2D eigenvalue weighted by molar-refractivity contribution is 7.84. The van der Waals surface area contributed by atoms with Gasteiger partial charge in [0.15, 0.2) is 0 Å². The maximum Gasteiger partial charge on any atom is 0.268 e. The predicted octanol–water partition coefficient (Wildman–Crippen LogP) is 3.91. The molecule has 7 heteroatoms. The summed E-state index contributed by atoms with van der Waals surface area (Å²) in [6, 6.07) is 17.0. The number of rotatable bonds is 4. The van der Waals surface area contributed by atoms with E-state index in [1.165, 1.54) is 0 Å². The topological polar surface area (TPSA) is 81.8 Å². The van der Waals surface area contributed by atoms with Gasteiger partial charge in [0.1, 0.15) is 5.69 Å². The van der Waals surface area contributed by atoms with Crippen molar-refractivity contribution >= 4 is 10.8 Å². The Morgan fingerprint density at radius 3 is 2.41 bits per heavy atom. The molecule has 0 bridgehead atoms. The van der Waals surface area contributed by atoms with Gasteiger partial charge in [0, 0.05) is 22.3 Å². The van der Waals surface area contributed by atoms with Gasteiger partial charge in [-0.3, -0.25) is 9.19 Å². The maximum absolute atomic E-state index is 12.0. The number of hydrogen-bond donors (Lipinski definition) is 0. The Kier molecular flexibility index (Phi) is 4.60. The van der Waals surface area contributed by atoms with Crippen LogP contribution in [-0.4, -0.2) is 30.6 Å². The van der Waals surface area contributed by atoms with Gasteiger partial charge in [0.2, 0.25) is 5.89 Å². The molecule has 1 atom stereocenters. The van der Waals surface area contributed by atoms with Gasteiger partial charge in [0.05, 0.1) is 28.4 Å². The van der Waals surface area contributed by atoms with Crippen LogP contribution in [0.5, 0.6) is 0 Å².